The molecule has 0 amide bonds. The smallest absolute Gasteiger partial charge is 0.161 e. The molecule has 0 saturated carbocycles. The first kappa shape index (κ1) is 6.62. The van der Waals surface area contributed by atoms with Crippen molar-refractivity contribution >= 4 is 11.6 Å². The van der Waals surface area contributed by atoms with E-state index in [1.165, 1.54) is 6.08 Å². The number of halogens is 2. The van der Waals surface area contributed by atoms with Crippen molar-refractivity contribution in [2.24, 2.45) is 0 Å². The van der Waals surface area contributed by atoms with Crippen molar-refractivity contribution in [3.8, 4) is 0 Å². The summed E-state index contributed by atoms with van der Waals surface area (Å²) in [7, 11) is 0. The molecule has 1 aliphatic carbocycles. The summed E-state index contributed by atoms with van der Waals surface area (Å²) in [6.45, 7) is 0. The zero-order chi connectivity index (χ0) is 6.85. The molecule has 0 aromatic heterocycles. The van der Waals surface area contributed by atoms with Crippen LogP contribution in [-0.2, 0) is 0 Å². The summed E-state index contributed by atoms with van der Waals surface area (Å²) in [5.41, 5.74) is 0. The zero-order valence-corrected chi connectivity index (χ0v) is 5.40. The molecule has 3 heteroatoms. The maximum Gasteiger partial charge on any atom is 0.161 e. The van der Waals surface area contributed by atoms with E-state index in [-0.39, 0.29) is 5.76 Å². The van der Waals surface area contributed by atoms with E-state index in [1.54, 1.807) is 6.08 Å². The number of allylic oxidation sites excluding steroid dienone is 4. The molecule has 0 saturated heterocycles. The van der Waals surface area contributed by atoms with E-state index in [2.05, 4.69) is 0 Å². The molecule has 50 valence electrons. The molecule has 1 rings (SSSR count). The van der Waals surface area contributed by atoms with Crippen LogP contribution in [0.15, 0.2) is 23.7 Å². The molecule has 0 bridgehead atoms. The van der Waals surface area contributed by atoms with Gasteiger partial charge in [-0.15, -0.1) is 11.6 Å². The molecule has 0 spiro atoms. The first-order valence-corrected chi connectivity index (χ1v) is 3.04. The van der Waals surface area contributed by atoms with Crippen LogP contribution in [0.5, 0.6) is 0 Å². The van der Waals surface area contributed by atoms with Crippen LogP contribution in [0.25, 0.3) is 0 Å². The summed E-state index contributed by atoms with van der Waals surface area (Å²) in [5, 5.41) is 8.19. The fourth-order valence-electron chi connectivity index (χ4n) is 0.638. The molecule has 0 fully saturated rings. The quantitative estimate of drug-likeness (QED) is 0.523. The van der Waals surface area contributed by atoms with Gasteiger partial charge in [0, 0.05) is 0 Å². The van der Waals surface area contributed by atoms with Gasteiger partial charge in [0.2, 0.25) is 0 Å². The van der Waals surface area contributed by atoms with Crippen molar-refractivity contribution in [1.29, 1.82) is 0 Å². The van der Waals surface area contributed by atoms with Gasteiger partial charge in [-0.05, 0) is 12.5 Å². The van der Waals surface area contributed by atoms with Gasteiger partial charge in [-0.25, -0.2) is 4.39 Å². The largest absolute Gasteiger partial charge is 0.508 e. The average Bonchev–Trinajstić information content (AvgIpc) is 1.83. The van der Waals surface area contributed by atoms with E-state index in [0.29, 0.717) is 6.42 Å². The highest BCUT2D eigenvalue weighted by molar-refractivity contribution is 6.22. The molecule has 9 heavy (non-hydrogen) atoms. The third kappa shape index (κ3) is 1.24. The summed E-state index contributed by atoms with van der Waals surface area (Å²) < 4.78 is 12.3. The van der Waals surface area contributed by atoms with Crippen molar-refractivity contribution < 1.29 is 9.50 Å². The standard InChI is InChI=1S/C6H6ClFO/c7-4-2-1-3-5(8)6(4)9/h1,3-4,9H,2H2. The van der Waals surface area contributed by atoms with Crippen LogP contribution in [0.1, 0.15) is 6.42 Å². The van der Waals surface area contributed by atoms with Gasteiger partial charge >= 0.3 is 0 Å². The predicted molar refractivity (Wildman–Crippen MR) is 34.2 cm³/mol. The van der Waals surface area contributed by atoms with Gasteiger partial charge in [-0.1, -0.05) is 6.08 Å². The SMILES string of the molecule is OC1=C(F)C=CCC1Cl. The van der Waals surface area contributed by atoms with Crippen LogP contribution in [-0.4, -0.2) is 10.5 Å². The molecule has 0 radical (unpaired) electrons. The molecule has 1 aliphatic rings. The Balaban J connectivity index is 2.83. The lowest BCUT2D eigenvalue weighted by Gasteiger charge is -2.09. The normalized spacial score (nSPS) is 27.1. The van der Waals surface area contributed by atoms with E-state index < -0.39 is 11.2 Å². The van der Waals surface area contributed by atoms with Crippen LogP contribution in [0, 0.1) is 0 Å². The zero-order valence-electron chi connectivity index (χ0n) is 4.64. The van der Waals surface area contributed by atoms with Crippen molar-refractivity contribution in [3.05, 3.63) is 23.7 Å². The molecular weight excluding hydrogens is 143 g/mol. The molecule has 1 nitrogen and oxygen atoms in total. The van der Waals surface area contributed by atoms with Gasteiger partial charge in [0.25, 0.3) is 0 Å². The first-order chi connectivity index (χ1) is 4.22. The van der Waals surface area contributed by atoms with Gasteiger partial charge in [0.15, 0.2) is 5.83 Å². The molecule has 1 atom stereocenters. The van der Waals surface area contributed by atoms with Gasteiger partial charge in [-0.3, -0.25) is 0 Å². The second-order valence-corrected chi connectivity index (χ2v) is 2.37. The minimum Gasteiger partial charge on any atom is -0.508 e. The van der Waals surface area contributed by atoms with Gasteiger partial charge in [0.1, 0.15) is 5.76 Å². The number of hydrogen-bond donors (Lipinski definition) is 1. The second kappa shape index (κ2) is 2.40. The number of aliphatic hydroxyl groups excluding tert-OH is 1. The lowest BCUT2D eigenvalue weighted by atomic mass is 10.1. The van der Waals surface area contributed by atoms with E-state index >= 15 is 0 Å². The van der Waals surface area contributed by atoms with E-state index in [9.17, 15) is 4.39 Å². The minimum absolute atomic E-state index is 0.348. The average molecular weight is 149 g/mol. The van der Waals surface area contributed by atoms with Gasteiger partial charge in [0.05, 0.1) is 5.38 Å². The Kier molecular flexibility index (Phi) is 1.76. The van der Waals surface area contributed by atoms with E-state index in [4.69, 9.17) is 16.7 Å². The van der Waals surface area contributed by atoms with Crippen LogP contribution < -0.4 is 0 Å². The third-order valence-corrected chi connectivity index (χ3v) is 1.53. The Morgan fingerprint density at radius 3 is 2.89 bits per heavy atom. The highest BCUT2D eigenvalue weighted by Crippen LogP contribution is 2.22. The predicted octanol–water partition coefficient (Wildman–Crippen LogP) is 2.29. The molecule has 1 unspecified atom stereocenters. The Bertz CT molecular complexity index is 174. The fourth-order valence-corrected chi connectivity index (χ4v) is 0.845. The molecular formula is C6H6ClFO. The van der Waals surface area contributed by atoms with E-state index in [0.717, 1.165) is 0 Å². The first-order valence-electron chi connectivity index (χ1n) is 2.61. The molecule has 0 aromatic carbocycles. The van der Waals surface area contributed by atoms with Gasteiger partial charge in [-0.2, -0.15) is 0 Å². The lowest BCUT2D eigenvalue weighted by molar-refractivity contribution is 0.364. The Morgan fingerprint density at radius 2 is 2.44 bits per heavy atom. The van der Waals surface area contributed by atoms with Crippen LogP contribution in [0.4, 0.5) is 4.39 Å². The van der Waals surface area contributed by atoms with Crippen molar-refractivity contribution in [3.63, 3.8) is 0 Å². The maximum absolute atomic E-state index is 12.3. The van der Waals surface area contributed by atoms with Crippen LogP contribution >= 0.6 is 11.6 Å². The number of aliphatic hydroxyl groups is 1. The molecule has 1 N–H and O–H groups in total. The highest BCUT2D eigenvalue weighted by Gasteiger charge is 2.15. The van der Waals surface area contributed by atoms with Crippen LogP contribution in [0.3, 0.4) is 0 Å². The Hall–Kier alpha value is -0.500. The summed E-state index contributed by atoms with van der Waals surface area (Å²) in [6.07, 6.45) is 3.31. The maximum atomic E-state index is 12.3. The molecule has 0 heterocycles. The summed E-state index contributed by atoms with van der Waals surface area (Å²) in [5.74, 6) is -0.972. The van der Waals surface area contributed by atoms with Crippen molar-refractivity contribution in [2.45, 2.75) is 11.8 Å². The minimum atomic E-state index is -0.624. The highest BCUT2D eigenvalue weighted by atomic mass is 35.5. The van der Waals surface area contributed by atoms with Crippen molar-refractivity contribution in [1.82, 2.24) is 0 Å². The number of alkyl halides is 1. The topological polar surface area (TPSA) is 20.2 Å². The molecule has 0 aromatic rings. The monoisotopic (exact) mass is 148 g/mol. The molecule has 0 aliphatic heterocycles. The van der Waals surface area contributed by atoms with Gasteiger partial charge < -0.3 is 5.11 Å². The van der Waals surface area contributed by atoms with Crippen LogP contribution in [0.2, 0.25) is 0 Å². The lowest BCUT2D eigenvalue weighted by Crippen LogP contribution is -2.05. The van der Waals surface area contributed by atoms with E-state index in [1.807, 2.05) is 0 Å². The Labute approximate surface area is 57.4 Å². The summed E-state index contributed by atoms with van der Waals surface area (Å²) >= 11 is 5.46. The fraction of sp³-hybridized carbons (Fsp3) is 0.333. The number of hydrogen-bond acceptors (Lipinski definition) is 1. The summed E-state index contributed by atoms with van der Waals surface area (Å²) in [6, 6.07) is 0. The van der Waals surface area contributed by atoms with Crippen molar-refractivity contribution in [2.75, 3.05) is 0 Å². The number of rotatable bonds is 0. The third-order valence-electron chi connectivity index (χ3n) is 1.15. The summed E-state index contributed by atoms with van der Waals surface area (Å²) in [4.78, 5) is 0. The second-order valence-electron chi connectivity index (χ2n) is 1.84. The Morgan fingerprint density at radius 1 is 1.78 bits per heavy atom.